The fourth-order valence-corrected chi connectivity index (χ4v) is 1.38. The summed E-state index contributed by atoms with van der Waals surface area (Å²) in [7, 11) is 0. The van der Waals surface area contributed by atoms with E-state index in [1.165, 1.54) is 12.4 Å². The standard InChI is InChI=1S/C12H12N4O/c1-8-3-2-4-10(5-8)16-11(17)9-6-14-12(13)15-7-9/h2-7H,1H3,(H,16,17)(H2,13,14,15). The summed E-state index contributed by atoms with van der Waals surface area (Å²) in [5.74, 6) is -0.104. The van der Waals surface area contributed by atoms with Crippen LogP contribution in [0.2, 0.25) is 0 Å². The minimum Gasteiger partial charge on any atom is -0.368 e. The van der Waals surface area contributed by atoms with Crippen molar-refractivity contribution in [3.63, 3.8) is 0 Å². The van der Waals surface area contributed by atoms with E-state index in [1.54, 1.807) is 0 Å². The highest BCUT2D eigenvalue weighted by Gasteiger charge is 2.06. The molecule has 5 heteroatoms. The first-order valence-electron chi connectivity index (χ1n) is 5.11. The average molecular weight is 228 g/mol. The number of aromatic nitrogens is 2. The Morgan fingerprint density at radius 3 is 2.65 bits per heavy atom. The van der Waals surface area contributed by atoms with Gasteiger partial charge in [0.1, 0.15) is 0 Å². The molecule has 0 atom stereocenters. The Balaban J connectivity index is 2.14. The maximum Gasteiger partial charge on any atom is 0.258 e. The average Bonchev–Trinajstić information content (AvgIpc) is 2.29. The number of carbonyl (C=O) groups excluding carboxylic acids is 1. The highest BCUT2D eigenvalue weighted by atomic mass is 16.1. The maximum absolute atomic E-state index is 11.8. The molecule has 1 aromatic heterocycles. The molecule has 17 heavy (non-hydrogen) atoms. The van der Waals surface area contributed by atoms with Crippen LogP contribution in [-0.2, 0) is 0 Å². The zero-order valence-corrected chi connectivity index (χ0v) is 9.34. The van der Waals surface area contributed by atoms with E-state index in [1.807, 2.05) is 31.2 Å². The predicted molar refractivity (Wildman–Crippen MR) is 65.6 cm³/mol. The van der Waals surface area contributed by atoms with Crippen LogP contribution in [0.4, 0.5) is 11.6 Å². The Labute approximate surface area is 98.7 Å². The highest BCUT2D eigenvalue weighted by molar-refractivity contribution is 6.03. The Morgan fingerprint density at radius 1 is 1.29 bits per heavy atom. The van der Waals surface area contributed by atoms with Gasteiger partial charge in [0, 0.05) is 18.1 Å². The quantitative estimate of drug-likeness (QED) is 0.818. The van der Waals surface area contributed by atoms with Crippen molar-refractivity contribution >= 4 is 17.5 Å². The molecule has 0 aliphatic carbocycles. The Hall–Kier alpha value is -2.43. The summed E-state index contributed by atoms with van der Waals surface area (Å²) < 4.78 is 0. The van der Waals surface area contributed by atoms with E-state index >= 15 is 0 Å². The van der Waals surface area contributed by atoms with Gasteiger partial charge in [-0.1, -0.05) is 12.1 Å². The van der Waals surface area contributed by atoms with Gasteiger partial charge < -0.3 is 11.1 Å². The number of aryl methyl sites for hydroxylation is 1. The van der Waals surface area contributed by atoms with Crippen molar-refractivity contribution in [2.75, 3.05) is 11.1 Å². The summed E-state index contributed by atoms with van der Waals surface area (Å²) in [5, 5.41) is 2.76. The molecule has 86 valence electrons. The smallest absolute Gasteiger partial charge is 0.258 e. The van der Waals surface area contributed by atoms with Crippen molar-refractivity contribution in [3.8, 4) is 0 Å². The molecule has 2 aromatic rings. The van der Waals surface area contributed by atoms with Crippen LogP contribution in [0.5, 0.6) is 0 Å². The van der Waals surface area contributed by atoms with E-state index in [0.29, 0.717) is 5.56 Å². The van der Waals surface area contributed by atoms with E-state index < -0.39 is 0 Å². The second-order valence-electron chi connectivity index (χ2n) is 3.65. The Morgan fingerprint density at radius 2 is 2.00 bits per heavy atom. The van der Waals surface area contributed by atoms with E-state index in [4.69, 9.17) is 5.73 Å². The number of hydrogen-bond acceptors (Lipinski definition) is 4. The molecule has 3 N–H and O–H groups in total. The summed E-state index contributed by atoms with van der Waals surface area (Å²) >= 11 is 0. The fourth-order valence-electron chi connectivity index (χ4n) is 1.38. The van der Waals surface area contributed by atoms with Crippen LogP contribution in [0.1, 0.15) is 15.9 Å². The van der Waals surface area contributed by atoms with Crippen LogP contribution in [0.15, 0.2) is 36.7 Å². The summed E-state index contributed by atoms with van der Waals surface area (Å²) in [4.78, 5) is 19.3. The van der Waals surface area contributed by atoms with Gasteiger partial charge in [-0.25, -0.2) is 9.97 Å². The van der Waals surface area contributed by atoms with Crippen LogP contribution >= 0.6 is 0 Å². The van der Waals surface area contributed by atoms with Gasteiger partial charge in [0.05, 0.1) is 5.56 Å². The number of amides is 1. The summed E-state index contributed by atoms with van der Waals surface area (Å²) in [6.45, 7) is 1.96. The van der Waals surface area contributed by atoms with Crippen LogP contribution < -0.4 is 11.1 Å². The predicted octanol–water partition coefficient (Wildman–Crippen LogP) is 1.62. The summed E-state index contributed by atoms with van der Waals surface area (Å²) in [6.07, 6.45) is 2.79. The maximum atomic E-state index is 11.8. The number of nitrogen functional groups attached to an aromatic ring is 1. The molecule has 0 bridgehead atoms. The lowest BCUT2D eigenvalue weighted by Crippen LogP contribution is -2.13. The van der Waals surface area contributed by atoms with Crippen molar-refractivity contribution < 1.29 is 4.79 Å². The number of anilines is 2. The number of nitrogens with zero attached hydrogens (tertiary/aromatic N) is 2. The first-order chi connectivity index (χ1) is 8.15. The van der Waals surface area contributed by atoms with Gasteiger partial charge in [-0.2, -0.15) is 0 Å². The van der Waals surface area contributed by atoms with Gasteiger partial charge in [-0.05, 0) is 24.6 Å². The van der Waals surface area contributed by atoms with Crippen molar-refractivity contribution in [3.05, 3.63) is 47.8 Å². The lowest BCUT2D eigenvalue weighted by Gasteiger charge is -2.05. The van der Waals surface area contributed by atoms with Crippen molar-refractivity contribution in [2.45, 2.75) is 6.92 Å². The second-order valence-corrected chi connectivity index (χ2v) is 3.65. The number of hydrogen-bond donors (Lipinski definition) is 2. The number of benzene rings is 1. The normalized spacial score (nSPS) is 9.94. The largest absolute Gasteiger partial charge is 0.368 e. The van der Waals surface area contributed by atoms with Crippen molar-refractivity contribution in [1.29, 1.82) is 0 Å². The minimum atomic E-state index is -0.254. The van der Waals surface area contributed by atoms with Crippen LogP contribution in [0.25, 0.3) is 0 Å². The molecule has 5 nitrogen and oxygen atoms in total. The lowest BCUT2D eigenvalue weighted by molar-refractivity contribution is 0.102. The van der Waals surface area contributed by atoms with Gasteiger partial charge in [-0.15, -0.1) is 0 Å². The van der Waals surface area contributed by atoms with Crippen molar-refractivity contribution in [2.24, 2.45) is 0 Å². The molecule has 0 aliphatic rings. The van der Waals surface area contributed by atoms with Gasteiger partial charge in [0.2, 0.25) is 5.95 Å². The molecule has 1 heterocycles. The highest BCUT2D eigenvalue weighted by Crippen LogP contribution is 2.11. The van der Waals surface area contributed by atoms with E-state index in [2.05, 4.69) is 15.3 Å². The Kier molecular flexibility index (Phi) is 3.00. The van der Waals surface area contributed by atoms with Crippen LogP contribution in [0, 0.1) is 6.92 Å². The molecule has 2 rings (SSSR count). The minimum absolute atomic E-state index is 0.150. The third-order valence-corrected chi connectivity index (χ3v) is 2.21. The summed E-state index contributed by atoms with van der Waals surface area (Å²) in [6, 6.07) is 7.55. The molecule has 0 radical (unpaired) electrons. The van der Waals surface area contributed by atoms with Crippen LogP contribution in [0.3, 0.4) is 0 Å². The van der Waals surface area contributed by atoms with E-state index in [0.717, 1.165) is 11.3 Å². The number of rotatable bonds is 2. The zero-order chi connectivity index (χ0) is 12.3. The molecule has 0 saturated carbocycles. The van der Waals surface area contributed by atoms with Crippen LogP contribution in [-0.4, -0.2) is 15.9 Å². The molecule has 0 saturated heterocycles. The number of nitrogens with two attached hydrogens (primary N) is 1. The molecular weight excluding hydrogens is 216 g/mol. The number of carbonyl (C=O) groups is 1. The van der Waals surface area contributed by atoms with Gasteiger partial charge in [0.15, 0.2) is 0 Å². The van der Waals surface area contributed by atoms with Gasteiger partial charge >= 0.3 is 0 Å². The van der Waals surface area contributed by atoms with E-state index in [-0.39, 0.29) is 11.9 Å². The molecular formula is C12H12N4O. The third-order valence-electron chi connectivity index (χ3n) is 2.21. The van der Waals surface area contributed by atoms with Crippen molar-refractivity contribution in [1.82, 2.24) is 9.97 Å². The first kappa shape index (κ1) is 11.1. The van der Waals surface area contributed by atoms with Gasteiger partial charge in [0.25, 0.3) is 5.91 Å². The summed E-state index contributed by atoms with van der Waals surface area (Å²) in [5.41, 5.74) is 7.54. The zero-order valence-electron chi connectivity index (χ0n) is 9.34. The molecule has 1 aromatic carbocycles. The first-order valence-corrected chi connectivity index (χ1v) is 5.11. The lowest BCUT2D eigenvalue weighted by atomic mass is 10.2. The Bertz CT molecular complexity index is 536. The number of nitrogens with one attached hydrogen (secondary N) is 1. The van der Waals surface area contributed by atoms with E-state index in [9.17, 15) is 4.79 Å². The monoisotopic (exact) mass is 228 g/mol. The molecule has 1 amide bonds. The van der Waals surface area contributed by atoms with Gasteiger partial charge in [-0.3, -0.25) is 4.79 Å². The molecule has 0 fully saturated rings. The molecule has 0 aliphatic heterocycles. The second kappa shape index (κ2) is 4.61. The third kappa shape index (κ3) is 2.78. The SMILES string of the molecule is Cc1cccc(NC(=O)c2cnc(N)nc2)c1. The molecule has 0 unspecified atom stereocenters. The topological polar surface area (TPSA) is 80.9 Å². The molecule has 0 spiro atoms. The fraction of sp³-hybridized carbons (Fsp3) is 0.0833.